The molecule has 1 aromatic heterocycles. The highest BCUT2D eigenvalue weighted by Gasteiger charge is 2.36. The smallest absolute Gasteiger partial charge is 0.294 e. The molecule has 33 heavy (non-hydrogen) atoms. The molecule has 3 atom stereocenters. The predicted molar refractivity (Wildman–Crippen MR) is 116 cm³/mol. The molecule has 1 aromatic carbocycles. The SMILES string of the molecule is Cc1cc(NC(=O)c2c(C)c(C(=O)C(=O)N[C@@H]3CC(O)C[C@H]3O)n(CCF)c2C)ccc1F. The van der Waals surface area contributed by atoms with Crippen molar-refractivity contribution in [2.45, 2.75) is 58.4 Å². The van der Waals surface area contributed by atoms with Gasteiger partial charge in [0.2, 0.25) is 0 Å². The number of rotatable bonds is 7. The monoisotopic (exact) mass is 463 g/mol. The van der Waals surface area contributed by atoms with Crippen LogP contribution in [0.5, 0.6) is 0 Å². The predicted octanol–water partition coefficient (Wildman–Crippen LogP) is 1.96. The number of Topliss-reactive ketones (excluding diaryl/α,β-unsaturated/α-hetero) is 1. The highest BCUT2D eigenvalue weighted by atomic mass is 19.1. The first-order valence-corrected chi connectivity index (χ1v) is 10.6. The minimum Gasteiger partial charge on any atom is -0.393 e. The fraction of sp³-hybridized carbons (Fsp3) is 0.435. The van der Waals surface area contributed by atoms with E-state index in [0.717, 1.165) is 0 Å². The maximum atomic E-state index is 13.5. The summed E-state index contributed by atoms with van der Waals surface area (Å²) in [6.07, 6.45) is -1.58. The topological polar surface area (TPSA) is 121 Å². The van der Waals surface area contributed by atoms with E-state index >= 15 is 0 Å². The molecule has 1 unspecified atom stereocenters. The number of carbonyl (C=O) groups is 3. The zero-order chi connectivity index (χ0) is 24.4. The lowest BCUT2D eigenvalue weighted by atomic mass is 10.1. The molecule has 1 saturated carbocycles. The van der Waals surface area contributed by atoms with Crippen LogP contribution in [0.4, 0.5) is 14.5 Å². The minimum absolute atomic E-state index is 0.0860. The summed E-state index contributed by atoms with van der Waals surface area (Å²) >= 11 is 0. The summed E-state index contributed by atoms with van der Waals surface area (Å²) in [6.45, 7) is 3.51. The van der Waals surface area contributed by atoms with Crippen LogP contribution in [-0.4, -0.2) is 57.3 Å². The number of hydrogen-bond donors (Lipinski definition) is 4. The van der Waals surface area contributed by atoms with Crippen LogP contribution in [0.15, 0.2) is 18.2 Å². The highest BCUT2D eigenvalue weighted by Crippen LogP contribution is 2.26. The number of alkyl halides is 1. The number of aryl methyl sites for hydroxylation is 1. The lowest BCUT2D eigenvalue weighted by molar-refractivity contribution is -0.118. The number of anilines is 1. The van der Waals surface area contributed by atoms with Crippen molar-refractivity contribution >= 4 is 23.3 Å². The first-order valence-electron chi connectivity index (χ1n) is 10.6. The number of hydrogen-bond acceptors (Lipinski definition) is 5. The lowest BCUT2D eigenvalue weighted by Crippen LogP contribution is -2.44. The van der Waals surface area contributed by atoms with Crippen molar-refractivity contribution in [3.05, 3.63) is 52.1 Å². The summed E-state index contributed by atoms with van der Waals surface area (Å²) in [5.41, 5.74) is 1.16. The molecule has 178 valence electrons. The first kappa shape index (κ1) is 24.5. The van der Waals surface area contributed by atoms with E-state index in [2.05, 4.69) is 10.6 Å². The number of aliphatic hydroxyl groups is 2. The molecule has 0 saturated heterocycles. The molecular weight excluding hydrogens is 436 g/mol. The number of halogens is 2. The Kier molecular flexibility index (Phi) is 7.28. The Morgan fingerprint density at radius 1 is 1.15 bits per heavy atom. The van der Waals surface area contributed by atoms with Gasteiger partial charge in [-0.1, -0.05) is 0 Å². The van der Waals surface area contributed by atoms with Crippen molar-refractivity contribution in [2.75, 3.05) is 12.0 Å². The molecule has 2 aromatic rings. The maximum absolute atomic E-state index is 13.5. The normalized spacial score (nSPS) is 20.0. The van der Waals surface area contributed by atoms with Crippen LogP contribution in [0.25, 0.3) is 0 Å². The Morgan fingerprint density at radius 3 is 2.42 bits per heavy atom. The van der Waals surface area contributed by atoms with Gasteiger partial charge in [0.05, 0.1) is 36.1 Å². The number of carbonyl (C=O) groups excluding carboxylic acids is 3. The van der Waals surface area contributed by atoms with Gasteiger partial charge in [0, 0.05) is 17.8 Å². The van der Waals surface area contributed by atoms with Gasteiger partial charge < -0.3 is 25.4 Å². The Hall–Kier alpha value is -3.11. The second-order valence-corrected chi connectivity index (χ2v) is 8.29. The summed E-state index contributed by atoms with van der Waals surface area (Å²) in [5, 5.41) is 24.6. The van der Waals surface area contributed by atoms with Crippen LogP contribution < -0.4 is 10.6 Å². The van der Waals surface area contributed by atoms with Gasteiger partial charge in [-0.25, -0.2) is 8.78 Å². The standard InChI is InChI=1S/C23H27F2N3O5/c1-11-8-14(4-5-16(11)25)26-22(32)19-12(2)20(28(7-6-24)13(19)3)21(31)23(33)27-17-9-15(29)10-18(17)30/h4-5,8,15,17-18,29-30H,6-7,9-10H2,1-3H3,(H,26,32)(H,27,33)/t15?,17-,18-/m1/s1. The molecule has 0 bridgehead atoms. The largest absolute Gasteiger partial charge is 0.393 e. The number of ketones is 1. The summed E-state index contributed by atoms with van der Waals surface area (Å²) in [7, 11) is 0. The first-order chi connectivity index (χ1) is 15.5. The molecule has 0 radical (unpaired) electrons. The van der Waals surface area contributed by atoms with Crippen molar-refractivity contribution in [3.8, 4) is 0 Å². The van der Waals surface area contributed by atoms with Gasteiger partial charge >= 0.3 is 0 Å². The van der Waals surface area contributed by atoms with E-state index in [1.54, 1.807) is 13.8 Å². The molecule has 0 spiro atoms. The van der Waals surface area contributed by atoms with Crippen LogP contribution in [0.1, 0.15) is 50.5 Å². The van der Waals surface area contributed by atoms with Gasteiger partial charge in [0.1, 0.15) is 12.5 Å². The molecule has 0 aliphatic heterocycles. The van der Waals surface area contributed by atoms with Crippen LogP contribution >= 0.6 is 0 Å². The molecule has 1 aliphatic carbocycles. The second kappa shape index (κ2) is 9.80. The van der Waals surface area contributed by atoms with E-state index in [1.807, 2.05) is 0 Å². The van der Waals surface area contributed by atoms with E-state index in [-0.39, 0.29) is 36.2 Å². The van der Waals surface area contributed by atoms with Crippen LogP contribution in [0.3, 0.4) is 0 Å². The van der Waals surface area contributed by atoms with E-state index in [4.69, 9.17) is 0 Å². The van der Waals surface area contributed by atoms with Crippen molar-refractivity contribution in [2.24, 2.45) is 0 Å². The summed E-state index contributed by atoms with van der Waals surface area (Å²) in [6, 6.07) is 3.28. The zero-order valence-electron chi connectivity index (χ0n) is 18.6. The number of aromatic nitrogens is 1. The summed E-state index contributed by atoms with van der Waals surface area (Å²) in [4.78, 5) is 38.6. The van der Waals surface area contributed by atoms with Crippen molar-refractivity contribution in [3.63, 3.8) is 0 Å². The number of amides is 2. The maximum Gasteiger partial charge on any atom is 0.294 e. The van der Waals surface area contributed by atoms with Crippen molar-refractivity contribution < 1.29 is 33.4 Å². The van der Waals surface area contributed by atoms with Gasteiger partial charge in [-0.2, -0.15) is 0 Å². The Morgan fingerprint density at radius 2 is 1.85 bits per heavy atom. The molecule has 1 aliphatic rings. The quantitative estimate of drug-likeness (QED) is 0.370. The van der Waals surface area contributed by atoms with Gasteiger partial charge in [-0.05, 0) is 56.5 Å². The second-order valence-electron chi connectivity index (χ2n) is 8.29. The Balaban J connectivity index is 1.91. The van der Waals surface area contributed by atoms with Crippen LogP contribution in [-0.2, 0) is 11.3 Å². The highest BCUT2D eigenvalue weighted by molar-refractivity contribution is 6.43. The van der Waals surface area contributed by atoms with Crippen LogP contribution in [0, 0.1) is 26.6 Å². The zero-order valence-corrected chi connectivity index (χ0v) is 18.6. The average Bonchev–Trinajstić information content (AvgIpc) is 3.18. The van der Waals surface area contributed by atoms with Crippen LogP contribution in [0.2, 0.25) is 0 Å². The van der Waals surface area contributed by atoms with Gasteiger partial charge in [0.15, 0.2) is 0 Å². The van der Waals surface area contributed by atoms with Gasteiger partial charge in [0.25, 0.3) is 17.6 Å². The van der Waals surface area contributed by atoms with Crippen molar-refractivity contribution in [1.29, 1.82) is 0 Å². The van der Waals surface area contributed by atoms with E-state index < -0.39 is 48.3 Å². The number of nitrogens with one attached hydrogen (secondary N) is 2. The fourth-order valence-corrected chi connectivity index (χ4v) is 4.29. The summed E-state index contributed by atoms with van der Waals surface area (Å²) < 4.78 is 28.1. The molecular formula is C23H27F2N3O5. The average molecular weight is 463 g/mol. The third-order valence-electron chi connectivity index (χ3n) is 5.96. The van der Waals surface area contributed by atoms with Gasteiger partial charge in [-0.3, -0.25) is 14.4 Å². The number of benzene rings is 1. The third kappa shape index (κ3) is 4.96. The molecule has 2 amide bonds. The molecule has 1 heterocycles. The van der Waals surface area contributed by atoms with Crippen molar-refractivity contribution in [1.82, 2.24) is 9.88 Å². The van der Waals surface area contributed by atoms with Gasteiger partial charge in [-0.15, -0.1) is 0 Å². The minimum atomic E-state index is -1.02. The fourth-order valence-electron chi connectivity index (χ4n) is 4.29. The summed E-state index contributed by atoms with van der Waals surface area (Å²) in [5.74, 6) is -3.00. The molecule has 3 rings (SSSR count). The van der Waals surface area contributed by atoms with E-state index in [9.17, 15) is 33.4 Å². The molecule has 4 N–H and O–H groups in total. The molecule has 10 heteroatoms. The lowest BCUT2D eigenvalue weighted by Gasteiger charge is -2.16. The van der Waals surface area contributed by atoms with E-state index in [0.29, 0.717) is 16.9 Å². The number of aliphatic hydroxyl groups excluding tert-OH is 2. The molecule has 8 nitrogen and oxygen atoms in total. The third-order valence-corrected chi connectivity index (χ3v) is 5.96. The molecule has 1 fully saturated rings. The Labute approximate surface area is 189 Å². The number of nitrogens with zero attached hydrogens (tertiary/aromatic N) is 1. The Bertz CT molecular complexity index is 1100. The van der Waals surface area contributed by atoms with E-state index in [1.165, 1.54) is 29.7 Å².